The van der Waals surface area contributed by atoms with Gasteiger partial charge < -0.3 is 15.4 Å². The first-order valence-corrected chi connectivity index (χ1v) is 7.71. The second-order valence-corrected chi connectivity index (χ2v) is 6.08. The molecule has 0 unspecified atom stereocenters. The normalized spacial score (nSPS) is 11.4. The Labute approximate surface area is 152 Å². The fraction of sp³-hybridized carbons (Fsp3) is 0.231. The van der Waals surface area contributed by atoms with Crippen molar-refractivity contribution >= 4 is 44.9 Å². The summed E-state index contributed by atoms with van der Waals surface area (Å²) in [4.78, 5) is 22.1. The van der Waals surface area contributed by atoms with Crippen molar-refractivity contribution in [2.75, 3.05) is 5.32 Å². The number of anilines is 1. The van der Waals surface area contributed by atoms with E-state index in [0.717, 1.165) is 16.8 Å². The first kappa shape index (κ1) is 19.2. The van der Waals surface area contributed by atoms with Crippen LogP contribution in [0.15, 0.2) is 22.7 Å². The van der Waals surface area contributed by atoms with E-state index in [-0.39, 0.29) is 15.2 Å². The molecule has 1 aromatic heterocycles. The third-order valence-electron chi connectivity index (χ3n) is 3.15. The number of carbonyl (C=O) groups is 1. The molecule has 0 radical (unpaired) electrons. The van der Waals surface area contributed by atoms with Crippen LogP contribution in [0, 0.1) is 17.0 Å². The van der Waals surface area contributed by atoms with Crippen LogP contribution in [-0.2, 0) is 17.5 Å². The van der Waals surface area contributed by atoms with Crippen molar-refractivity contribution in [2.24, 2.45) is 0 Å². The van der Waals surface area contributed by atoms with Crippen molar-refractivity contribution in [3.63, 3.8) is 0 Å². The lowest BCUT2D eigenvalue weighted by Crippen LogP contribution is -2.21. The number of rotatable bonds is 4. The van der Waals surface area contributed by atoms with Gasteiger partial charge in [0.25, 0.3) is 0 Å². The number of halogens is 5. The Morgan fingerprint density at radius 1 is 1.48 bits per heavy atom. The lowest BCUT2D eigenvalue weighted by atomic mass is 10.2. The lowest BCUT2D eigenvalue weighted by Gasteiger charge is -2.11. The summed E-state index contributed by atoms with van der Waals surface area (Å²) in [5.41, 5.74) is -0.877. The summed E-state index contributed by atoms with van der Waals surface area (Å²) >= 11 is 8.79. The summed E-state index contributed by atoms with van der Waals surface area (Å²) in [5.74, 6) is -1.21. The molecular weight excluding hydrogens is 433 g/mol. The van der Waals surface area contributed by atoms with E-state index >= 15 is 0 Å². The molecule has 2 aromatic rings. The Hall–Kier alpha value is -2.14. The number of benzene rings is 1. The SMILES string of the molecule is Cc1c(Br)c([N+](=O)[O-])nn1CC(=O)Nc1cc(C(F)(F)F)ccc1Cl. The van der Waals surface area contributed by atoms with Crippen LogP contribution in [0.2, 0.25) is 5.02 Å². The molecule has 1 N–H and O–H groups in total. The summed E-state index contributed by atoms with van der Waals surface area (Å²) in [6, 6.07) is 2.51. The summed E-state index contributed by atoms with van der Waals surface area (Å²) in [6.45, 7) is 1.06. The van der Waals surface area contributed by atoms with Crippen molar-refractivity contribution < 1.29 is 22.9 Å². The quantitative estimate of drug-likeness (QED) is 0.569. The van der Waals surface area contributed by atoms with Gasteiger partial charge in [0.1, 0.15) is 11.0 Å². The fourth-order valence-corrected chi connectivity index (χ4v) is 2.50. The number of aromatic nitrogens is 2. The van der Waals surface area contributed by atoms with Gasteiger partial charge in [-0.15, -0.1) is 0 Å². The zero-order chi connectivity index (χ0) is 18.9. The van der Waals surface area contributed by atoms with Gasteiger partial charge in [0.2, 0.25) is 5.91 Å². The molecule has 25 heavy (non-hydrogen) atoms. The van der Waals surface area contributed by atoms with Crippen LogP contribution in [0.4, 0.5) is 24.7 Å². The number of hydrogen-bond donors (Lipinski definition) is 1. The molecule has 0 spiro atoms. The zero-order valence-electron chi connectivity index (χ0n) is 12.4. The number of nitrogens with one attached hydrogen (secondary N) is 1. The maximum absolute atomic E-state index is 12.7. The summed E-state index contributed by atoms with van der Waals surface area (Å²) < 4.78 is 39.3. The summed E-state index contributed by atoms with van der Waals surface area (Å²) in [7, 11) is 0. The van der Waals surface area contributed by atoms with E-state index in [1.807, 2.05) is 0 Å². The largest absolute Gasteiger partial charge is 0.416 e. The Kier molecular flexibility index (Phi) is 5.37. The van der Waals surface area contributed by atoms with Crippen molar-refractivity contribution in [2.45, 2.75) is 19.6 Å². The molecule has 2 rings (SSSR count). The van der Waals surface area contributed by atoms with Gasteiger partial charge >= 0.3 is 12.0 Å². The van der Waals surface area contributed by atoms with Gasteiger partial charge in [0.15, 0.2) is 0 Å². The van der Waals surface area contributed by atoms with E-state index in [4.69, 9.17) is 11.6 Å². The number of nitrogens with zero attached hydrogens (tertiary/aromatic N) is 3. The van der Waals surface area contributed by atoms with Crippen molar-refractivity contribution in [3.8, 4) is 0 Å². The highest BCUT2D eigenvalue weighted by Crippen LogP contribution is 2.34. The first-order chi connectivity index (χ1) is 11.5. The molecule has 0 saturated heterocycles. The van der Waals surface area contributed by atoms with Gasteiger partial charge in [-0.1, -0.05) is 11.6 Å². The van der Waals surface area contributed by atoms with Crippen LogP contribution in [0.1, 0.15) is 11.3 Å². The number of carbonyl (C=O) groups excluding carboxylic acids is 1. The van der Waals surface area contributed by atoms with Gasteiger partial charge in [-0.05, 0) is 46.0 Å². The number of nitro groups is 1. The van der Waals surface area contributed by atoms with E-state index in [2.05, 4.69) is 26.3 Å². The maximum atomic E-state index is 12.7. The molecule has 0 aliphatic carbocycles. The predicted molar refractivity (Wildman–Crippen MR) is 86.4 cm³/mol. The van der Waals surface area contributed by atoms with Gasteiger partial charge in [0, 0.05) is 0 Å². The Morgan fingerprint density at radius 3 is 2.64 bits per heavy atom. The van der Waals surface area contributed by atoms with E-state index in [1.165, 1.54) is 6.92 Å². The summed E-state index contributed by atoms with van der Waals surface area (Å²) in [6.07, 6.45) is -4.59. The second kappa shape index (κ2) is 7.00. The minimum absolute atomic E-state index is 0.0781. The minimum Gasteiger partial charge on any atom is -0.358 e. The molecule has 0 fully saturated rings. The van der Waals surface area contributed by atoms with Crippen LogP contribution < -0.4 is 5.32 Å². The third kappa shape index (κ3) is 4.28. The molecule has 0 aliphatic rings. The maximum Gasteiger partial charge on any atom is 0.416 e. The van der Waals surface area contributed by atoms with Crippen LogP contribution in [-0.4, -0.2) is 20.6 Å². The standard InChI is InChI=1S/C13H9BrClF3N4O3/c1-6-11(14)12(22(24)25)20-21(6)5-10(23)19-9-4-7(13(16,17)18)2-3-8(9)15/h2-4H,5H2,1H3,(H,19,23). The molecule has 0 aliphatic heterocycles. The zero-order valence-corrected chi connectivity index (χ0v) is 14.7. The van der Waals surface area contributed by atoms with Gasteiger partial charge in [-0.3, -0.25) is 4.79 Å². The van der Waals surface area contributed by atoms with Gasteiger partial charge in [-0.25, -0.2) is 0 Å². The van der Waals surface area contributed by atoms with Crippen LogP contribution in [0.3, 0.4) is 0 Å². The Balaban J connectivity index is 2.21. The molecular formula is C13H9BrClF3N4O3. The second-order valence-electron chi connectivity index (χ2n) is 4.88. The highest BCUT2D eigenvalue weighted by molar-refractivity contribution is 9.10. The van der Waals surface area contributed by atoms with Crippen molar-refractivity contribution in [3.05, 3.63) is 49.1 Å². The minimum atomic E-state index is -4.59. The third-order valence-corrected chi connectivity index (χ3v) is 4.41. The molecule has 0 bridgehead atoms. The number of amides is 1. The molecule has 0 saturated carbocycles. The number of alkyl halides is 3. The molecule has 12 heteroatoms. The van der Waals surface area contributed by atoms with Crippen molar-refractivity contribution in [1.29, 1.82) is 0 Å². The monoisotopic (exact) mass is 440 g/mol. The highest BCUT2D eigenvalue weighted by Gasteiger charge is 2.31. The topological polar surface area (TPSA) is 90.1 Å². The highest BCUT2D eigenvalue weighted by atomic mass is 79.9. The fourth-order valence-electron chi connectivity index (χ4n) is 1.90. The molecule has 7 nitrogen and oxygen atoms in total. The van der Waals surface area contributed by atoms with E-state index in [1.54, 1.807) is 0 Å². The molecule has 1 aromatic carbocycles. The average Bonchev–Trinajstić information content (AvgIpc) is 2.77. The summed E-state index contributed by atoms with van der Waals surface area (Å²) in [5, 5.41) is 16.6. The molecule has 0 atom stereocenters. The number of hydrogen-bond acceptors (Lipinski definition) is 4. The Bertz CT molecular complexity index is 854. The average molecular weight is 442 g/mol. The van der Waals surface area contributed by atoms with Crippen LogP contribution >= 0.6 is 27.5 Å². The van der Waals surface area contributed by atoms with Crippen LogP contribution in [0.5, 0.6) is 0 Å². The van der Waals surface area contributed by atoms with E-state index in [0.29, 0.717) is 11.8 Å². The molecule has 1 heterocycles. The molecule has 1 amide bonds. The van der Waals surface area contributed by atoms with E-state index in [9.17, 15) is 28.1 Å². The smallest absolute Gasteiger partial charge is 0.358 e. The van der Waals surface area contributed by atoms with Gasteiger partial charge in [0.05, 0.1) is 27.1 Å². The first-order valence-electron chi connectivity index (χ1n) is 6.54. The van der Waals surface area contributed by atoms with E-state index < -0.39 is 34.9 Å². The predicted octanol–water partition coefficient (Wildman–Crippen LogP) is 4.17. The van der Waals surface area contributed by atoms with Gasteiger partial charge in [-0.2, -0.15) is 17.9 Å². The lowest BCUT2D eigenvalue weighted by molar-refractivity contribution is -0.390. The Morgan fingerprint density at radius 2 is 2.12 bits per heavy atom. The van der Waals surface area contributed by atoms with Crippen molar-refractivity contribution in [1.82, 2.24) is 9.78 Å². The van der Waals surface area contributed by atoms with Crippen LogP contribution in [0.25, 0.3) is 0 Å². The molecule has 134 valence electrons.